The predicted molar refractivity (Wildman–Crippen MR) is 72.2 cm³/mol. The lowest BCUT2D eigenvalue weighted by Crippen LogP contribution is -2.30. The summed E-state index contributed by atoms with van der Waals surface area (Å²) < 4.78 is 1.79. The van der Waals surface area contributed by atoms with E-state index in [1.54, 1.807) is 4.68 Å². The number of hydrogen-bond donors (Lipinski definition) is 2. The maximum absolute atomic E-state index is 11.6. The van der Waals surface area contributed by atoms with Crippen molar-refractivity contribution >= 4 is 5.91 Å². The van der Waals surface area contributed by atoms with Crippen molar-refractivity contribution in [2.45, 2.75) is 46.2 Å². The Morgan fingerprint density at radius 3 is 2.83 bits per heavy atom. The molecule has 1 rings (SSSR count). The van der Waals surface area contributed by atoms with E-state index in [9.17, 15) is 4.79 Å². The first-order valence-electron chi connectivity index (χ1n) is 6.54. The number of carbonyl (C=O) groups is 1. The van der Waals surface area contributed by atoms with Crippen LogP contribution in [0.4, 0.5) is 0 Å². The van der Waals surface area contributed by atoms with Crippen molar-refractivity contribution < 1.29 is 4.79 Å². The van der Waals surface area contributed by atoms with Gasteiger partial charge in [-0.1, -0.05) is 20.8 Å². The summed E-state index contributed by atoms with van der Waals surface area (Å²) in [6.07, 6.45) is 3.37. The molecule has 102 valence electrons. The smallest absolute Gasteiger partial charge is 0.221 e. The molecular weight excluding hydrogens is 228 g/mol. The van der Waals surface area contributed by atoms with Gasteiger partial charge in [0.15, 0.2) is 0 Å². The molecule has 18 heavy (non-hydrogen) atoms. The molecule has 0 spiro atoms. The van der Waals surface area contributed by atoms with E-state index in [1.165, 1.54) is 0 Å². The number of nitrogens with zero attached hydrogens (tertiary/aromatic N) is 2. The molecule has 0 saturated carbocycles. The first kappa shape index (κ1) is 14.7. The maximum Gasteiger partial charge on any atom is 0.221 e. The van der Waals surface area contributed by atoms with Gasteiger partial charge in [0.25, 0.3) is 0 Å². The lowest BCUT2D eigenvalue weighted by Gasteiger charge is -2.08. The molecule has 0 aliphatic heterocycles. The van der Waals surface area contributed by atoms with Crippen molar-refractivity contribution in [3.8, 4) is 0 Å². The van der Waals surface area contributed by atoms with Crippen molar-refractivity contribution in [1.82, 2.24) is 20.4 Å². The predicted octanol–water partition coefficient (Wildman–Crippen LogP) is 0.987. The van der Waals surface area contributed by atoms with E-state index in [0.29, 0.717) is 19.0 Å². The second-order valence-electron chi connectivity index (χ2n) is 4.76. The fourth-order valence-electron chi connectivity index (χ4n) is 1.79. The number of rotatable bonds is 7. The second kappa shape index (κ2) is 7.16. The number of hydrogen-bond acceptors (Lipinski definition) is 3. The lowest BCUT2D eigenvalue weighted by atomic mass is 10.2. The van der Waals surface area contributed by atoms with E-state index in [1.807, 2.05) is 13.2 Å². The van der Waals surface area contributed by atoms with Gasteiger partial charge >= 0.3 is 0 Å². The van der Waals surface area contributed by atoms with Crippen LogP contribution in [0.2, 0.25) is 0 Å². The van der Waals surface area contributed by atoms with Gasteiger partial charge in [-0.3, -0.25) is 9.48 Å². The van der Waals surface area contributed by atoms with Crippen LogP contribution in [0.1, 0.15) is 38.4 Å². The molecule has 0 fully saturated rings. The molecule has 0 radical (unpaired) electrons. The molecule has 1 aromatic rings. The Morgan fingerprint density at radius 1 is 1.50 bits per heavy atom. The Hall–Kier alpha value is -1.36. The van der Waals surface area contributed by atoms with Crippen LogP contribution >= 0.6 is 0 Å². The van der Waals surface area contributed by atoms with E-state index in [0.717, 1.165) is 24.2 Å². The molecule has 0 atom stereocenters. The minimum absolute atomic E-state index is 0.0778. The Balaban J connectivity index is 2.33. The summed E-state index contributed by atoms with van der Waals surface area (Å²) in [4.78, 5) is 11.6. The third-order valence-corrected chi connectivity index (χ3v) is 2.71. The first-order chi connectivity index (χ1) is 8.52. The molecule has 0 aliphatic rings. The van der Waals surface area contributed by atoms with Crippen molar-refractivity contribution in [2.24, 2.45) is 7.05 Å². The molecule has 2 N–H and O–H groups in total. The fourth-order valence-corrected chi connectivity index (χ4v) is 1.79. The molecule has 0 bridgehead atoms. The van der Waals surface area contributed by atoms with Gasteiger partial charge in [0.1, 0.15) is 0 Å². The Bertz CT molecular complexity index is 384. The van der Waals surface area contributed by atoms with Crippen molar-refractivity contribution in [2.75, 3.05) is 6.54 Å². The number of aryl methyl sites for hydroxylation is 2. The summed E-state index contributed by atoms with van der Waals surface area (Å²) in [6, 6.07) is 0.419. The van der Waals surface area contributed by atoms with Gasteiger partial charge in [-0.2, -0.15) is 5.10 Å². The number of amides is 1. The van der Waals surface area contributed by atoms with Gasteiger partial charge in [-0.25, -0.2) is 0 Å². The normalized spacial score (nSPS) is 10.9. The van der Waals surface area contributed by atoms with Crippen LogP contribution in [0.3, 0.4) is 0 Å². The largest absolute Gasteiger partial charge is 0.352 e. The van der Waals surface area contributed by atoms with Crippen LogP contribution in [0, 0.1) is 0 Å². The van der Waals surface area contributed by atoms with E-state index < -0.39 is 0 Å². The zero-order valence-corrected chi connectivity index (χ0v) is 11.8. The maximum atomic E-state index is 11.6. The summed E-state index contributed by atoms with van der Waals surface area (Å²) >= 11 is 0. The van der Waals surface area contributed by atoms with Crippen molar-refractivity contribution in [3.63, 3.8) is 0 Å². The Kier molecular flexibility index (Phi) is 5.85. The van der Waals surface area contributed by atoms with Crippen LogP contribution in [0.5, 0.6) is 0 Å². The van der Waals surface area contributed by atoms with E-state index >= 15 is 0 Å². The minimum atomic E-state index is 0.0778. The van der Waals surface area contributed by atoms with Gasteiger partial charge in [-0.15, -0.1) is 0 Å². The molecular formula is C13H24N4O. The van der Waals surface area contributed by atoms with E-state index in [-0.39, 0.29) is 5.91 Å². The molecule has 1 aromatic heterocycles. The highest BCUT2D eigenvalue weighted by atomic mass is 16.1. The van der Waals surface area contributed by atoms with Crippen molar-refractivity contribution in [3.05, 3.63) is 17.5 Å². The molecule has 1 heterocycles. The van der Waals surface area contributed by atoms with Crippen LogP contribution < -0.4 is 10.6 Å². The molecule has 0 aliphatic carbocycles. The van der Waals surface area contributed by atoms with Crippen LogP contribution in [-0.4, -0.2) is 28.3 Å². The molecule has 1 amide bonds. The summed E-state index contributed by atoms with van der Waals surface area (Å²) in [5.74, 6) is 0.0778. The second-order valence-corrected chi connectivity index (χ2v) is 4.76. The SMILES string of the molecule is CCc1nn(C)cc1CNC(=O)CCNC(C)C. The third-order valence-electron chi connectivity index (χ3n) is 2.71. The number of aromatic nitrogens is 2. The molecule has 5 heteroatoms. The molecule has 5 nitrogen and oxygen atoms in total. The average Bonchev–Trinajstić information content (AvgIpc) is 2.66. The number of nitrogens with one attached hydrogen (secondary N) is 2. The monoisotopic (exact) mass is 252 g/mol. The van der Waals surface area contributed by atoms with Gasteiger partial charge in [-0.05, 0) is 6.42 Å². The Labute approximate surface area is 109 Å². The van der Waals surface area contributed by atoms with Crippen LogP contribution in [0.15, 0.2) is 6.20 Å². The van der Waals surface area contributed by atoms with Gasteiger partial charge in [0, 0.05) is 44.4 Å². The highest BCUT2D eigenvalue weighted by Crippen LogP contribution is 2.06. The summed E-state index contributed by atoms with van der Waals surface area (Å²) in [6.45, 7) is 7.50. The van der Waals surface area contributed by atoms with Crippen molar-refractivity contribution in [1.29, 1.82) is 0 Å². The molecule has 0 unspecified atom stereocenters. The topological polar surface area (TPSA) is 59.0 Å². The van der Waals surface area contributed by atoms with Gasteiger partial charge in [0.2, 0.25) is 5.91 Å². The van der Waals surface area contributed by atoms with Gasteiger partial charge in [0.05, 0.1) is 5.69 Å². The molecule has 0 aromatic carbocycles. The highest BCUT2D eigenvalue weighted by molar-refractivity contribution is 5.76. The minimum Gasteiger partial charge on any atom is -0.352 e. The van der Waals surface area contributed by atoms with E-state index in [2.05, 4.69) is 36.5 Å². The number of carbonyl (C=O) groups excluding carboxylic acids is 1. The standard InChI is InChI=1S/C13H24N4O/c1-5-12-11(9-17(4)16-12)8-15-13(18)6-7-14-10(2)3/h9-10,14H,5-8H2,1-4H3,(H,15,18). The quantitative estimate of drug-likeness (QED) is 0.761. The van der Waals surface area contributed by atoms with E-state index in [4.69, 9.17) is 0 Å². The summed E-state index contributed by atoms with van der Waals surface area (Å²) in [5, 5.41) is 10.5. The highest BCUT2D eigenvalue weighted by Gasteiger charge is 2.07. The zero-order valence-electron chi connectivity index (χ0n) is 11.8. The lowest BCUT2D eigenvalue weighted by molar-refractivity contribution is -0.121. The average molecular weight is 252 g/mol. The first-order valence-corrected chi connectivity index (χ1v) is 6.54. The third kappa shape index (κ3) is 4.87. The Morgan fingerprint density at radius 2 is 2.22 bits per heavy atom. The van der Waals surface area contributed by atoms with Crippen LogP contribution in [0.25, 0.3) is 0 Å². The fraction of sp³-hybridized carbons (Fsp3) is 0.692. The molecule has 0 saturated heterocycles. The zero-order chi connectivity index (χ0) is 13.5. The summed E-state index contributed by atoms with van der Waals surface area (Å²) in [7, 11) is 1.90. The summed E-state index contributed by atoms with van der Waals surface area (Å²) in [5.41, 5.74) is 2.16. The van der Waals surface area contributed by atoms with Crippen LogP contribution in [-0.2, 0) is 24.8 Å². The van der Waals surface area contributed by atoms with Gasteiger partial charge < -0.3 is 10.6 Å².